The van der Waals surface area contributed by atoms with Gasteiger partial charge in [-0.25, -0.2) is 0 Å². The first kappa shape index (κ1) is 15.3. The number of nitrogens with two attached hydrogens (primary N) is 1. The Hall–Kier alpha value is -1.55. The molecule has 1 aliphatic heterocycles. The molecule has 3 N–H and O–H groups in total. The zero-order valence-corrected chi connectivity index (χ0v) is 13.1. The number of hydrogen-bond donors (Lipinski definition) is 2. The molecule has 4 heteroatoms. The normalized spacial score (nSPS) is 20.5. The van der Waals surface area contributed by atoms with E-state index in [9.17, 15) is 9.90 Å². The molecule has 1 aromatic carbocycles. The van der Waals surface area contributed by atoms with Crippen molar-refractivity contribution in [2.24, 2.45) is 11.7 Å². The minimum absolute atomic E-state index is 0.0690. The molecule has 120 valence electrons. The van der Waals surface area contributed by atoms with Crippen LogP contribution in [-0.4, -0.2) is 28.5 Å². The number of amides is 1. The monoisotopic (exact) mass is 302 g/mol. The van der Waals surface area contributed by atoms with Crippen molar-refractivity contribution in [1.29, 1.82) is 0 Å². The Morgan fingerprint density at radius 3 is 2.82 bits per heavy atom. The lowest BCUT2D eigenvalue weighted by atomic mass is 9.84. The molecule has 1 amide bonds. The maximum Gasteiger partial charge on any atom is 0.239 e. The third kappa shape index (κ3) is 3.43. The van der Waals surface area contributed by atoms with Crippen LogP contribution >= 0.6 is 0 Å². The molecule has 0 radical (unpaired) electrons. The molecule has 1 heterocycles. The SMILES string of the molecule is NC(CC1CCCCC1)C(=O)N1CCc2ccc(O)cc2C1. The molecule has 2 aliphatic rings. The van der Waals surface area contributed by atoms with Gasteiger partial charge in [0, 0.05) is 13.1 Å². The van der Waals surface area contributed by atoms with E-state index in [0.29, 0.717) is 12.5 Å². The van der Waals surface area contributed by atoms with Crippen molar-refractivity contribution in [1.82, 2.24) is 4.90 Å². The van der Waals surface area contributed by atoms with Crippen molar-refractivity contribution in [2.45, 2.75) is 57.5 Å². The van der Waals surface area contributed by atoms with Crippen LogP contribution in [0.5, 0.6) is 5.75 Å². The zero-order valence-electron chi connectivity index (χ0n) is 13.1. The Morgan fingerprint density at radius 1 is 1.27 bits per heavy atom. The van der Waals surface area contributed by atoms with Gasteiger partial charge in [0.15, 0.2) is 0 Å². The Balaban J connectivity index is 1.60. The minimum Gasteiger partial charge on any atom is -0.508 e. The van der Waals surface area contributed by atoms with Crippen molar-refractivity contribution < 1.29 is 9.90 Å². The summed E-state index contributed by atoms with van der Waals surface area (Å²) in [5.41, 5.74) is 8.46. The highest BCUT2D eigenvalue weighted by atomic mass is 16.3. The van der Waals surface area contributed by atoms with Gasteiger partial charge in [-0.15, -0.1) is 0 Å². The second-order valence-electron chi connectivity index (χ2n) is 6.81. The molecule has 1 aromatic rings. The number of hydrogen-bond acceptors (Lipinski definition) is 3. The number of aromatic hydroxyl groups is 1. The van der Waals surface area contributed by atoms with Gasteiger partial charge in [-0.3, -0.25) is 4.79 Å². The first-order valence-corrected chi connectivity index (χ1v) is 8.48. The van der Waals surface area contributed by atoms with E-state index < -0.39 is 0 Å². The summed E-state index contributed by atoms with van der Waals surface area (Å²) in [4.78, 5) is 14.5. The first-order chi connectivity index (χ1) is 10.6. The number of carbonyl (C=O) groups is 1. The highest BCUT2D eigenvalue weighted by molar-refractivity contribution is 5.82. The Labute approximate surface area is 132 Å². The number of phenols is 1. The van der Waals surface area contributed by atoms with Gasteiger partial charge in [0.2, 0.25) is 5.91 Å². The fourth-order valence-electron chi connectivity index (χ4n) is 3.85. The van der Waals surface area contributed by atoms with Gasteiger partial charge in [0.25, 0.3) is 0 Å². The smallest absolute Gasteiger partial charge is 0.239 e. The molecular formula is C18H26N2O2. The van der Waals surface area contributed by atoms with E-state index in [2.05, 4.69) is 0 Å². The lowest BCUT2D eigenvalue weighted by Gasteiger charge is -2.32. The summed E-state index contributed by atoms with van der Waals surface area (Å²) >= 11 is 0. The maximum absolute atomic E-state index is 12.6. The number of rotatable bonds is 3. The number of nitrogens with zero attached hydrogens (tertiary/aromatic N) is 1. The Kier molecular flexibility index (Phi) is 4.67. The lowest BCUT2D eigenvalue weighted by molar-refractivity contribution is -0.134. The summed E-state index contributed by atoms with van der Waals surface area (Å²) in [5.74, 6) is 0.952. The van der Waals surface area contributed by atoms with Crippen LogP contribution in [0, 0.1) is 5.92 Å². The van der Waals surface area contributed by atoms with E-state index in [0.717, 1.165) is 24.9 Å². The van der Waals surface area contributed by atoms with Crippen LogP contribution in [-0.2, 0) is 17.8 Å². The fraction of sp³-hybridized carbons (Fsp3) is 0.611. The average molecular weight is 302 g/mol. The molecule has 1 fully saturated rings. The molecule has 22 heavy (non-hydrogen) atoms. The van der Waals surface area contributed by atoms with Crippen molar-refractivity contribution in [3.63, 3.8) is 0 Å². The highest BCUT2D eigenvalue weighted by Gasteiger charge is 2.27. The Morgan fingerprint density at radius 2 is 2.05 bits per heavy atom. The molecule has 0 spiro atoms. The zero-order chi connectivity index (χ0) is 15.5. The molecule has 1 aliphatic carbocycles. The van der Waals surface area contributed by atoms with Crippen LogP contribution in [0.25, 0.3) is 0 Å². The standard InChI is InChI=1S/C18H26N2O2/c19-17(10-13-4-2-1-3-5-13)18(22)20-9-8-14-6-7-16(21)11-15(14)12-20/h6-7,11,13,17,21H,1-5,8-10,12,19H2. The maximum atomic E-state index is 12.6. The third-order valence-corrected chi connectivity index (χ3v) is 5.14. The molecule has 4 nitrogen and oxygen atoms in total. The second-order valence-corrected chi connectivity index (χ2v) is 6.81. The van der Waals surface area contributed by atoms with Gasteiger partial charge in [-0.05, 0) is 42.0 Å². The van der Waals surface area contributed by atoms with Crippen LogP contribution in [0.3, 0.4) is 0 Å². The number of phenolic OH excluding ortho intramolecular Hbond substituents is 1. The largest absolute Gasteiger partial charge is 0.508 e. The van der Waals surface area contributed by atoms with Crippen molar-refractivity contribution in [3.05, 3.63) is 29.3 Å². The van der Waals surface area contributed by atoms with Gasteiger partial charge in [-0.2, -0.15) is 0 Å². The fourth-order valence-corrected chi connectivity index (χ4v) is 3.85. The number of carbonyl (C=O) groups excluding carboxylic acids is 1. The third-order valence-electron chi connectivity index (χ3n) is 5.14. The predicted molar refractivity (Wildman–Crippen MR) is 86.4 cm³/mol. The van der Waals surface area contributed by atoms with E-state index in [1.807, 2.05) is 11.0 Å². The van der Waals surface area contributed by atoms with Crippen LogP contribution in [0.2, 0.25) is 0 Å². The molecule has 0 saturated heterocycles. The van der Waals surface area contributed by atoms with E-state index in [-0.39, 0.29) is 17.7 Å². The number of benzene rings is 1. The Bertz CT molecular complexity index is 538. The second kappa shape index (κ2) is 6.69. The van der Waals surface area contributed by atoms with E-state index in [4.69, 9.17) is 5.73 Å². The van der Waals surface area contributed by atoms with Gasteiger partial charge in [-0.1, -0.05) is 38.2 Å². The molecule has 3 rings (SSSR count). The summed E-state index contributed by atoms with van der Waals surface area (Å²) < 4.78 is 0. The van der Waals surface area contributed by atoms with Crippen LogP contribution < -0.4 is 5.73 Å². The molecule has 1 saturated carbocycles. The van der Waals surface area contributed by atoms with E-state index in [1.165, 1.54) is 37.7 Å². The topological polar surface area (TPSA) is 66.6 Å². The molecule has 1 unspecified atom stereocenters. The summed E-state index contributed by atoms with van der Waals surface area (Å²) in [6.45, 7) is 1.30. The minimum atomic E-state index is -0.373. The average Bonchev–Trinajstić information content (AvgIpc) is 2.54. The van der Waals surface area contributed by atoms with Crippen molar-refractivity contribution in [3.8, 4) is 5.75 Å². The summed E-state index contributed by atoms with van der Waals surface area (Å²) in [6.07, 6.45) is 7.99. The van der Waals surface area contributed by atoms with E-state index in [1.54, 1.807) is 12.1 Å². The van der Waals surface area contributed by atoms with Crippen LogP contribution in [0.1, 0.15) is 49.7 Å². The lowest BCUT2D eigenvalue weighted by Crippen LogP contribution is -2.46. The molecule has 0 bridgehead atoms. The summed E-state index contributed by atoms with van der Waals surface area (Å²) in [5, 5.41) is 9.61. The van der Waals surface area contributed by atoms with Gasteiger partial charge >= 0.3 is 0 Å². The summed E-state index contributed by atoms with van der Waals surface area (Å²) in [6, 6.07) is 5.06. The van der Waals surface area contributed by atoms with Crippen molar-refractivity contribution >= 4 is 5.91 Å². The quantitative estimate of drug-likeness (QED) is 0.902. The summed E-state index contributed by atoms with van der Waals surface area (Å²) in [7, 11) is 0. The first-order valence-electron chi connectivity index (χ1n) is 8.48. The van der Waals surface area contributed by atoms with Gasteiger partial charge in [0.05, 0.1) is 6.04 Å². The number of fused-ring (bicyclic) bond motifs is 1. The highest BCUT2D eigenvalue weighted by Crippen LogP contribution is 2.28. The predicted octanol–water partition coefficient (Wildman–Crippen LogP) is 2.57. The van der Waals surface area contributed by atoms with Crippen molar-refractivity contribution in [2.75, 3.05) is 6.54 Å². The van der Waals surface area contributed by atoms with Gasteiger partial charge < -0.3 is 15.7 Å². The molecule has 0 aromatic heterocycles. The molecular weight excluding hydrogens is 276 g/mol. The van der Waals surface area contributed by atoms with E-state index >= 15 is 0 Å². The van der Waals surface area contributed by atoms with Crippen LogP contribution in [0.4, 0.5) is 0 Å². The van der Waals surface area contributed by atoms with Gasteiger partial charge in [0.1, 0.15) is 5.75 Å². The molecule has 1 atom stereocenters. The van der Waals surface area contributed by atoms with Crippen LogP contribution in [0.15, 0.2) is 18.2 Å².